The summed E-state index contributed by atoms with van der Waals surface area (Å²) < 4.78 is 6.16. The molecule has 0 aliphatic rings. The summed E-state index contributed by atoms with van der Waals surface area (Å²) in [6.07, 6.45) is -1.07. The molecule has 1 aromatic heterocycles. The molecular weight excluding hydrogens is 438 g/mol. The Morgan fingerprint density at radius 1 is 1.10 bits per heavy atom. The van der Waals surface area contributed by atoms with Crippen molar-refractivity contribution >= 4 is 39.3 Å². The molecule has 0 fully saturated rings. The molecule has 29 heavy (non-hydrogen) atoms. The number of nitrogens with zero attached hydrogens (tertiary/aromatic N) is 1. The number of benzene rings is 2. The van der Waals surface area contributed by atoms with Crippen LogP contribution < -0.4 is 5.32 Å². The predicted octanol–water partition coefficient (Wildman–Crippen LogP) is 4.23. The monoisotopic (exact) mass is 455 g/mol. The van der Waals surface area contributed by atoms with Gasteiger partial charge in [0.15, 0.2) is 11.9 Å². The molecule has 1 unspecified atom stereocenters. The standard InChI is InChI=1S/C21H18BrN3O4/c1-12(26)16-5-3-4-6-17(16)23-20(27)13(2)29-21(28)19-11-18(24-25-19)14-7-9-15(22)10-8-14/h3-11,13H,1-2H3,(H,23,27)(H,24,25). The highest BCUT2D eigenvalue weighted by atomic mass is 79.9. The maximum absolute atomic E-state index is 12.4. The lowest BCUT2D eigenvalue weighted by Crippen LogP contribution is -2.30. The van der Waals surface area contributed by atoms with E-state index in [1.54, 1.807) is 30.3 Å². The van der Waals surface area contributed by atoms with Crippen molar-refractivity contribution in [2.24, 2.45) is 0 Å². The minimum Gasteiger partial charge on any atom is -0.448 e. The van der Waals surface area contributed by atoms with Gasteiger partial charge < -0.3 is 10.1 Å². The molecule has 0 saturated heterocycles. The van der Waals surface area contributed by atoms with Gasteiger partial charge in [-0.2, -0.15) is 5.10 Å². The molecule has 0 aliphatic carbocycles. The number of esters is 1. The van der Waals surface area contributed by atoms with Crippen molar-refractivity contribution in [3.63, 3.8) is 0 Å². The molecule has 0 aliphatic heterocycles. The van der Waals surface area contributed by atoms with Crippen molar-refractivity contribution in [1.82, 2.24) is 10.2 Å². The van der Waals surface area contributed by atoms with Crippen LogP contribution in [0, 0.1) is 0 Å². The molecule has 3 rings (SSSR count). The van der Waals surface area contributed by atoms with Crippen LogP contribution in [0.2, 0.25) is 0 Å². The Morgan fingerprint density at radius 2 is 1.79 bits per heavy atom. The molecule has 2 aromatic carbocycles. The molecule has 148 valence electrons. The summed E-state index contributed by atoms with van der Waals surface area (Å²) in [5.74, 6) is -1.42. The number of ketones is 1. The maximum atomic E-state index is 12.4. The quantitative estimate of drug-likeness (QED) is 0.427. The second kappa shape index (κ2) is 8.83. The van der Waals surface area contributed by atoms with Crippen LogP contribution in [0.25, 0.3) is 11.3 Å². The Balaban J connectivity index is 1.65. The first-order chi connectivity index (χ1) is 13.8. The van der Waals surface area contributed by atoms with Gasteiger partial charge in [-0.3, -0.25) is 14.7 Å². The number of aromatic nitrogens is 2. The normalized spacial score (nSPS) is 11.6. The van der Waals surface area contributed by atoms with Gasteiger partial charge in [-0.25, -0.2) is 4.79 Å². The van der Waals surface area contributed by atoms with E-state index in [2.05, 4.69) is 31.4 Å². The van der Waals surface area contributed by atoms with Gasteiger partial charge in [-0.1, -0.05) is 40.2 Å². The molecule has 7 nitrogen and oxygen atoms in total. The highest BCUT2D eigenvalue weighted by Gasteiger charge is 2.22. The third-order valence-corrected chi connectivity index (χ3v) is 4.68. The van der Waals surface area contributed by atoms with Crippen molar-refractivity contribution in [2.45, 2.75) is 20.0 Å². The lowest BCUT2D eigenvalue weighted by Gasteiger charge is -2.14. The van der Waals surface area contributed by atoms with E-state index >= 15 is 0 Å². The van der Waals surface area contributed by atoms with Gasteiger partial charge in [0.05, 0.1) is 11.4 Å². The molecule has 0 saturated carbocycles. The fourth-order valence-corrected chi connectivity index (χ4v) is 2.87. The van der Waals surface area contributed by atoms with E-state index in [1.807, 2.05) is 24.3 Å². The van der Waals surface area contributed by atoms with Crippen LogP contribution in [-0.4, -0.2) is 34.0 Å². The zero-order valence-electron chi connectivity index (χ0n) is 15.7. The van der Waals surface area contributed by atoms with E-state index < -0.39 is 18.0 Å². The number of rotatable bonds is 6. The SMILES string of the molecule is CC(=O)c1ccccc1NC(=O)C(C)OC(=O)c1cc(-c2ccc(Br)cc2)n[nH]1. The third-order valence-electron chi connectivity index (χ3n) is 4.16. The molecule has 0 bridgehead atoms. The van der Waals surface area contributed by atoms with Crippen molar-refractivity contribution in [3.05, 3.63) is 70.3 Å². The first-order valence-corrected chi connectivity index (χ1v) is 9.57. The van der Waals surface area contributed by atoms with Gasteiger partial charge in [-0.15, -0.1) is 0 Å². The predicted molar refractivity (Wildman–Crippen MR) is 112 cm³/mol. The highest BCUT2D eigenvalue weighted by Crippen LogP contribution is 2.21. The Morgan fingerprint density at radius 3 is 2.48 bits per heavy atom. The van der Waals surface area contributed by atoms with Gasteiger partial charge in [-0.05, 0) is 44.2 Å². The second-order valence-electron chi connectivity index (χ2n) is 6.31. The van der Waals surface area contributed by atoms with Gasteiger partial charge in [0.2, 0.25) is 0 Å². The first kappa shape index (κ1) is 20.5. The van der Waals surface area contributed by atoms with Crippen molar-refractivity contribution in [1.29, 1.82) is 0 Å². The summed E-state index contributed by atoms with van der Waals surface area (Å²) in [5.41, 5.74) is 2.29. The number of H-pyrrole nitrogens is 1. The van der Waals surface area contributed by atoms with Crippen LogP contribution in [0.15, 0.2) is 59.1 Å². The lowest BCUT2D eigenvalue weighted by molar-refractivity contribution is -0.123. The number of anilines is 1. The molecule has 3 aromatic rings. The number of Topliss-reactive ketones (excluding diaryl/α,β-unsaturated/α-hetero) is 1. The number of hydrogen-bond acceptors (Lipinski definition) is 5. The van der Waals surface area contributed by atoms with Crippen LogP contribution in [0.1, 0.15) is 34.7 Å². The highest BCUT2D eigenvalue weighted by molar-refractivity contribution is 9.10. The summed E-state index contributed by atoms with van der Waals surface area (Å²) in [7, 11) is 0. The molecule has 0 spiro atoms. The minimum absolute atomic E-state index is 0.131. The van der Waals surface area contributed by atoms with E-state index in [1.165, 1.54) is 13.8 Å². The Labute approximate surface area is 175 Å². The number of nitrogens with one attached hydrogen (secondary N) is 2. The summed E-state index contributed by atoms with van der Waals surface area (Å²) in [5, 5.41) is 9.35. The van der Waals surface area contributed by atoms with Crippen molar-refractivity contribution in [2.75, 3.05) is 5.32 Å². The Kier molecular flexibility index (Phi) is 6.23. The minimum atomic E-state index is -1.07. The number of carbonyl (C=O) groups excluding carboxylic acids is 3. The second-order valence-corrected chi connectivity index (χ2v) is 7.23. The number of aromatic amines is 1. The maximum Gasteiger partial charge on any atom is 0.357 e. The fourth-order valence-electron chi connectivity index (χ4n) is 2.61. The zero-order chi connectivity index (χ0) is 21.0. The zero-order valence-corrected chi connectivity index (χ0v) is 17.3. The molecule has 1 amide bonds. The van der Waals surface area contributed by atoms with E-state index in [0.29, 0.717) is 16.9 Å². The number of halogens is 1. The summed E-state index contributed by atoms with van der Waals surface area (Å²) in [6.45, 7) is 2.87. The molecule has 0 radical (unpaired) electrons. The third kappa shape index (κ3) is 4.97. The van der Waals surface area contributed by atoms with Crippen LogP contribution in [0.3, 0.4) is 0 Å². The largest absolute Gasteiger partial charge is 0.448 e. The molecule has 1 atom stereocenters. The van der Waals surface area contributed by atoms with E-state index in [9.17, 15) is 14.4 Å². The lowest BCUT2D eigenvalue weighted by atomic mass is 10.1. The van der Waals surface area contributed by atoms with Crippen molar-refractivity contribution in [3.8, 4) is 11.3 Å². The molecule has 2 N–H and O–H groups in total. The Bertz CT molecular complexity index is 1060. The Hall–Kier alpha value is -3.26. The van der Waals surface area contributed by atoms with Crippen LogP contribution in [-0.2, 0) is 9.53 Å². The topological polar surface area (TPSA) is 101 Å². The van der Waals surface area contributed by atoms with Gasteiger partial charge >= 0.3 is 5.97 Å². The smallest absolute Gasteiger partial charge is 0.357 e. The summed E-state index contributed by atoms with van der Waals surface area (Å²) in [4.78, 5) is 36.4. The summed E-state index contributed by atoms with van der Waals surface area (Å²) >= 11 is 3.36. The number of hydrogen-bond donors (Lipinski definition) is 2. The van der Waals surface area contributed by atoms with Gasteiger partial charge in [0.1, 0.15) is 5.69 Å². The molecular formula is C21H18BrN3O4. The van der Waals surface area contributed by atoms with E-state index in [0.717, 1.165) is 10.0 Å². The van der Waals surface area contributed by atoms with Crippen LogP contribution >= 0.6 is 15.9 Å². The molecule has 1 heterocycles. The van der Waals surface area contributed by atoms with E-state index in [-0.39, 0.29) is 11.5 Å². The number of ether oxygens (including phenoxy) is 1. The van der Waals surface area contributed by atoms with Crippen molar-refractivity contribution < 1.29 is 19.1 Å². The van der Waals surface area contributed by atoms with Gasteiger partial charge in [0, 0.05) is 15.6 Å². The van der Waals surface area contributed by atoms with E-state index in [4.69, 9.17) is 4.74 Å². The number of amides is 1. The fraction of sp³-hybridized carbons (Fsp3) is 0.143. The number of para-hydroxylation sites is 1. The number of carbonyl (C=O) groups is 3. The first-order valence-electron chi connectivity index (χ1n) is 8.78. The van der Waals surface area contributed by atoms with Crippen LogP contribution in [0.4, 0.5) is 5.69 Å². The van der Waals surface area contributed by atoms with Crippen LogP contribution in [0.5, 0.6) is 0 Å². The van der Waals surface area contributed by atoms with Gasteiger partial charge in [0.25, 0.3) is 5.91 Å². The average molecular weight is 456 g/mol. The summed E-state index contributed by atoms with van der Waals surface area (Å²) in [6, 6.07) is 15.6. The average Bonchev–Trinajstić information content (AvgIpc) is 3.19. The molecule has 8 heteroatoms.